The number of hydrogen-bond acceptors (Lipinski definition) is 5. The second kappa shape index (κ2) is 8.15. The normalized spacial score (nSPS) is 10.4. The number of anilines is 2. The zero-order valence-electron chi connectivity index (χ0n) is 14.3. The smallest absolute Gasteiger partial charge is 0.274 e. The van der Waals surface area contributed by atoms with E-state index in [1.165, 1.54) is 24.0 Å². The summed E-state index contributed by atoms with van der Waals surface area (Å²) >= 11 is 0. The monoisotopic (exact) mass is 351 g/mol. The lowest BCUT2D eigenvalue weighted by molar-refractivity contribution is 0.102. The van der Waals surface area contributed by atoms with Crippen LogP contribution in [0.5, 0.6) is 0 Å². The third kappa shape index (κ3) is 4.38. The first kappa shape index (κ1) is 17.5. The van der Waals surface area contributed by atoms with Gasteiger partial charge in [-0.05, 0) is 36.2 Å². The third-order valence-corrected chi connectivity index (χ3v) is 3.88. The van der Waals surface area contributed by atoms with Gasteiger partial charge in [-0.2, -0.15) is 0 Å². The van der Waals surface area contributed by atoms with Crippen LogP contribution in [0.15, 0.2) is 61.2 Å². The Morgan fingerprint density at radius 1 is 1.15 bits per heavy atom. The number of carbonyl (C=O) groups excluding carboxylic acids is 1. The molecule has 132 valence electrons. The minimum absolute atomic E-state index is 0.115. The number of pyridine rings is 1. The lowest BCUT2D eigenvalue weighted by atomic mass is 10.2. The standard InChI is InChI=1S/C19H18FN5O/c1-25(11-8-14-6-9-21-10-7-14)18-12-17(22-13-23-18)19(26)24-16-5-3-2-4-15(16)20/h2-7,9-10,12-13H,8,11H2,1H3,(H,24,26). The van der Waals surface area contributed by atoms with Crippen LogP contribution < -0.4 is 10.2 Å². The van der Waals surface area contributed by atoms with E-state index in [1.54, 1.807) is 30.6 Å². The number of benzene rings is 1. The number of halogens is 1. The van der Waals surface area contributed by atoms with Gasteiger partial charge in [0.05, 0.1) is 5.69 Å². The Bertz CT molecular complexity index is 888. The highest BCUT2D eigenvalue weighted by atomic mass is 19.1. The van der Waals surface area contributed by atoms with Crippen molar-refractivity contribution in [3.63, 3.8) is 0 Å². The molecule has 2 heterocycles. The summed E-state index contributed by atoms with van der Waals surface area (Å²) in [5, 5.41) is 2.52. The topological polar surface area (TPSA) is 71.0 Å². The first-order valence-electron chi connectivity index (χ1n) is 8.11. The quantitative estimate of drug-likeness (QED) is 0.739. The van der Waals surface area contributed by atoms with Gasteiger partial charge in [-0.1, -0.05) is 12.1 Å². The van der Waals surface area contributed by atoms with E-state index in [2.05, 4.69) is 20.3 Å². The first-order valence-corrected chi connectivity index (χ1v) is 8.11. The largest absolute Gasteiger partial charge is 0.359 e. The highest BCUT2D eigenvalue weighted by Gasteiger charge is 2.13. The van der Waals surface area contributed by atoms with Gasteiger partial charge in [0, 0.05) is 32.1 Å². The van der Waals surface area contributed by atoms with Crippen LogP contribution in [-0.2, 0) is 6.42 Å². The Morgan fingerprint density at radius 3 is 2.69 bits per heavy atom. The van der Waals surface area contributed by atoms with Crippen molar-refractivity contribution in [1.29, 1.82) is 0 Å². The summed E-state index contributed by atoms with van der Waals surface area (Å²) in [5.41, 5.74) is 1.45. The van der Waals surface area contributed by atoms with E-state index in [1.807, 2.05) is 24.1 Å². The van der Waals surface area contributed by atoms with Crippen molar-refractivity contribution < 1.29 is 9.18 Å². The summed E-state index contributed by atoms with van der Waals surface area (Å²) in [6, 6.07) is 11.5. The fourth-order valence-corrected chi connectivity index (χ4v) is 2.39. The Morgan fingerprint density at radius 2 is 1.92 bits per heavy atom. The Hall–Kier alpha value is -3.35. The minimum atomic E-state index is -0.496. The highest BCUT2D eigenvalue weighted by molar-refractivity contribution is 6.03. The van der Waals surface area contributed by atoms with E-state index in [0.717, 1.165) is 13.0 Å². The van der Waals surface area contributed by atoms with Crippen molar-refractivity contribution in [2.45, 2.75) is 6.42 Å². The molecule has 26 heavy (non-hydrogen) atoms. The van der Waals surface area contributed by atoms with E-state index in [4.69, 9.17) is 0 Å². The van der Waals surface area contributed by atoms with Crippen molar-refractivity contribution in [3.8, 4) is 0 Å². The fourth-order valence-electron chi connectivity index (χ4n) is 2.39. The van der Waals surface area contributed by atoms with Crippen LogP contribution >= 0.6 is 0 Å². The molecule has 0 atom stereocenters. The molecule has 1 N–H and O–H groups in total. The zero-order chi connectivity index (χ0) is 18.4. The van der Waals surface area contributed by atoms with Gasteiger partial charge in [-0.3, -0.25) is 9.78 Å². The van der Waals surface area contributed by atoms with Crippen molar-refractivity contribution in [3.05, 3.63) is 78.3 Å². The van der Waals surface area contributed by atoms with E-state index < -0.39 is 11.7 Å². The van der Waals surface area contributed by atoms with Gasteiger partial charge >= 0.3 is 0 Å². The number of rotatable bonds is 6. The molecule has 0 unspecified atom stereocenters. The van der Waals surface area contributed by atoms with Gasteiger partial charge in [0.2, 0.25) is 0 Å². The molecule has 0 saturated heterocycles. The summed E-state index contributed by atoms with van der Waals surface area (Å²) < 4.78 is 13.7. The third-order valence-electron chi connectivity index (χ3n) is 3.88. The molecule has 3 rings (SSSR count). The average molecular weight is 351 g/mol. The molecule has 0 spiro atoms. The van der Waals surface area contributed by atoms with E-state index in [0.29, 0.717) is 5.82 Å². The summed E-state index contributed by atoms with van der Waals surface area (Å²) in [4.78, 5) is 26.4. The van der Waals surface area contributed by atoms with Gasteiger partial charge in [-0.25, -0.2) is 14.4 Å². The van der Waals surface area contributed by atoms with Crippen LogP contribution in [0.2, 0.25) is 0 Å². The number of hydrogen-bond donors (Lipinski definition) is 1. The van der Waals surface area contributed by atoms with E-state index >= 15 is 0 Å². The molecule has 0 saturated carbocycles. The molecule has 0 aliphatic heterocycles. The van der Waals surface area contributed by atoms with Crippen molar-refractivity contribution in [1.82, 2.24) is 15.0 Å². The molecular formula is C19H18FN5O. The number of likely N-dealkylation sites (N-methyl/N-ethyl adjacent to an activating group) is 1. The maximum atomic E-state index is 13.7. The molecular weight excluding hydrogens is 333 g/mol. The maximum absolute atomic E-state index is 13.7. The summed E-state index contributed by atoms with van der Waals surface area (Å²) in [5.74, 6) is -0.362. The SMILES string of the molecule is CN(CCc1ccncc1)c1cc(C(=O)Nc2ccccc2F)ncn1. The van der Waals surface area contributed by atoms with Crippen LogP contribution in [0.1, 0.15) is 16.1 Å². The Kier molecular flexibility index (Phi) is 5.48. The van der Waals surface area contributed by atoms with Crippen LogP contribution in [0, 0.1) is 5.82 Å². The van der Waals surface area contributed by atoms with Crippen LogP contribution in [0.25, 0.3) is 0 Å². The molecule has 0 aliphatic rings. The van der Waals surface area contributed by atoms with Crippen molar-refractivity contribution >= 4 is 17.4 Å². The lowest BCUT2D eigenvalue weighted by Gasteiger charge is -2.18. The van der Waals surface area contributed by atoms with Gasteiger partial charge < -0.3 is 10.2 Å². The predicted octanol–water partition coefficient (Wildman–Crippen LogP) is 2.94. The van der Waals surface area contributed by atoms with Gasteiger partial charge in [-0.15, -0.1) is 0 Å². The number of carbonyl (C=O) groups is 1. The summed E-state index contributed by atoms with van der Waals surface area (Å²) in [7, 11) is 1.89. The van der Waals surface area contributed by atoms with Gasteiger partial charge in [0.15, 0.2) is 0 Å². The molecule has 0 aliphatic carbocycles. The van der Waals surface area contributed by atoms with E-state index in [-0.39, 0.29) is 11.4 Å². The number of nitrogens with zero attached hydrogens (tertiary/aromatic N) is 4. The zero-order valence-corrected chi connectivity index (χ0v) is 14.3. The Labute approximate surface area is 150 Å². The van der Waals surface area contributed by atoms with Crippen LogP contribution in [-0.4, -0.2) is 34.5 Å². The van der Waals surface area contributed by atoms with Gasteiger partial charge in [0.1, 0.15) is 23.7 Å². The first-order chi connectivity index (χ1) is 12.6. The van der Waals surface area contributed by atoms with E-state index in [9.17, 15) is 9.18 Å². The molecule has 2 aromatic heterocycles. The number of nitrogens with one attached hydrogen (secondary N) is 1. The molecule has 1 aromatic carbocycles. The maximum Gasteiger partial charge on any atom is 0.274 e. The minimum Gasteiger partial charge on any atom is -0.359 e. The van der Waals surface area contributed by atoms with Crippen LogP contribution in [0.3, 0.4) is 0 Å². The molecule has 1 amide bonds. The number of aromatic nitrogens is 3. The average Bonchev–Trinajstić information content (AvgIpc) is 2.69. The molecule has 3 aromatic rings. The molecule has 6 nitrogen and oxygen atoms in total. The van der Waals surface area contributed by atoms with Crippen molar-refractivity contribution in [2.24, 2.45) is 0 Å². The summed E-state index contributed by atoms with van der Waals surface area (Å²) in [6.07, 6.45) is 5.66. The second-order valence-electron chi connectivity index (χ2n) is 5.72. The molecule has 7 heteroatoms. The Balaban J connectivity index is 1.67. The van der Waals surface area contributed by atoms with Crippen molar-refractivity contribution in [2.75, 3.05) is 23.8 Å². The molecule has 0 bridgehead atoms. The highest BCUT2D eigenvalue weighted by Crippen LogP contribution is 2.15. The molecule has 0 fully saturated rings. The lowest BCUT2D eigenvalue weighted by Crippen LogP contribution is -2.23. The van der Waals surface area contributed by atoms with Crippen LogP contribution in [0.4, 0.5) is 15.9 Å². The summed E-state index contributed by atoms with van der Waals surface area (Å²) in [6.45, 7) is 0.718. The fraction of sp³-hybridized carbons (Fsp3) is 0.158. The number of para-hydroxylation sites is 1. The van der Waals surface area contributed by atoms with Gasteiger partial charge in [0.25, 0.3) is 5.91 Å². The second-order valence-corrected chi connectivity index (χ2v) is 5.72. The predicted molar refractivity (Wildman–Crippen MR) is 97.6 cm³/mol. The molecule has 0 radical (unpaired) electrons. The number of amides is 1.